The van der Waals surface area contributed by atoms with Crippen molar-refractivity contribution in [2.75, 3.05) is 29.4 Å². The largest absolute Gasteiger partial charge is 0.478 e. The zero-order valence-corrected chi connectivity index (χ0v) is 18.6. The number of aryl methyl sites for hydroxylation is 1. The number of nitrogens with zero attached hydrogens (tertiary/aromatic N) is 7. The Morgan fingerprint density at radius 1 is 1.21 bits per heavy atom. The summed E-state index contributed by atoms with van der Waals surface area (Å²) in [4.78, 5) is 45.9. The molecular weight excluding hydrogens is 421 g/mol. The Kier molecular flexibility index (Phi) is 6.82. The number of aromatic carboxylic acids is 1. The number of ketones is 1. The number of unbranched alkanes of at least 4 members (excludes halogenated alkanes) is 1. The van der Waals surface area contributed by atoms with Gasteiger partial charge in [0.05, 0.1) is 5.56 Å². The number of anilines is 2. The summed E-state index contributed by atoms with van der Waals surface area (Å²) < 4.78 is 0. The highest BCUT2D eigenvalue weighted by molar-refractivity contribution is 6.66. The molecule has 1 atom stereocenters. The normalized spacial score (nSPS) is 17.9. The minimum Gasteiger partial charge on any atom is -0.478 e. The van der Waals surface area contributed by atoms with E-state index in [1.807, 2.05) is 22.9 Å². The van der Waals surface area contributed by atoms with Gasteiger partial charge in [0.2, 0.25) is 11.9 Å². The van der Waals surface area contributed by atoms with Gasteiger partial charge < -0.3 is 14.9 Å². The van der Waals surface area contributed by atoms with Gasteiger partial charge in [-0.05, 0) is 24.7 Å². The maximum Gasteiger partial charge on any atom is 0.338 e. The molecule has 0 bridgehead atoms. The number of aromatic nitrogens is 4. The van der Waals surface area contributed by atoms with Crippen molar-refractivity contribution >= 4 is 30.4 Å². The third-order valence-electron chi connectivity index (χ3n) is 6.27. The molecule has 2 aromatic heterocycles. The number of carbonyl (C=O) groups is 2. The minimum atomic E-state index is -1.09. The third kappa shape index (κ3) is 4.95. The van der Waals surface area contributed by atoms with Crippen molar-refractivity contribution in [1.29, 1.82) is 5.26 Å². The van der Waals surface area contributed by atoms with Crippen LogP contribution in [0.5, 0.6) is 0 Å². The first kappa shape index (κ1) is 22.6. The summed E-state index contributed by atoms with van der Waals surface area (Å²) >= 11 is 0. The van der Waals surface area contributed by atoms with Gasteiger partial charge >= 0.3 is 5.97 Å². The van der Waals surface area contributed by atoms with Gasteiger partial charge in [0, 0.05) is 56.3 Å². The lowest BCUT2D eigenvalue weighted by Crippen LogP contribution is -2.57. The fourth-order valence-corrected chi connectivity index (χ4v) is 4.34. The van der Waals surface area contributed by atoms with Gasteiger partial charge in [-0.25, -0.2) is 30.0 Å². The predicted octanol–water partition coefficient (Wildman–Crippen LogP) is 1.61. The fraction of sp³-hybridized carbons (Fsp3) is 0.500. The lowest BCUT2D eigenvalue weighted by molar-refractivity contribution is -0.120. The first-order chi connectivity index (χ1) is 16.0. The van der Waals surface area contributed by atoms with Crippen LogP contribution in [0.2, 0.25) is 6.32 Å². The first-order valence-electron chi connectivity index (χ1n) is 11.3. The molecule has 33 heavy (non-hydrogen) atoms. The smallest absolute Gasteiger partial charge is 0.338 e. The lowest BCUT2D eigenvalue weighted by atomic mass is 9.43. The number of Topliss-reactive ketones (excluding diaryl/α,β-unsaturated/α-hetero) is 1. The van der Waals surface area contributed by atoms with Crippen LogP contribution in [0.4, 0.5) is 11.9 Å². The van der Waals surface area contributed by atoms with E-state index >= 15 is 0 Å². The summed E-state index contributed by atoms with van der Waals surface area (Å²) in [6, 6.07) is -0.469. The molecule has 0 saturated carbocycles. The average molecular weight is 447 g/mol. The van der Waals surface area contributed by atoms with Crippen LogP contribution < -0.4 is 9.80 Å². The van der Waals surface area contributed by atoms with Gasteiger partial charge in [0.1, 0.15) is 6.04 Å². The number of fused-ring (bicyclic) bond motifs is 1. The van der Waals surface area contributed by atoms with E-state index in [4.69, 9.17) is 10.1 Å². The van der Waals surface area contributed by atoms with Crippen LogP contribution >= 0.6 is 0 Å². The summed E-state index contributed by atoms with van der Waals surface area (Å²) in [5, 5.41) is 18.3. The van der Waals surface area contributed by atoms with E-state index in [-0.39, 0.29) is 18.1 Å². The lowest BCUT2D eigenvalue weighted by Gasteiger charge is -2.40. The molecule has 1 N–H and O–H groups in total. The highest BCUT2D eigenvalue weighted by atomic mass is 16.4. The number of hydrogen-bond acceptors (Lipinski definition) is 9. The van der Waals surface area contributed by atoms with Crippen molar-refractivity contribution in [2.45, 2.75) is 51.3 Å². The number of hydrogen-bond donors (Lipinski definition) is 1. The molecule has 10 nitrogen and oxygen atoms in total. The summed E-state index contributed by atoms with van der Waals surface area (Å²) in [5.41, 5.74) is 2.01. The van der Waals surface area contributed by atoms with Gasteiger partial charge in [0.15, 0.2) is 5.78 Å². The molecule has 1 saturated heterocycles. The molecule has 0 aromatic carbocycles. The molecule has 4 heterocycles. The maximum absolute atomic E-state index is 13.1. The van der Waals surface area contributed by atoms with Gasteiger partial charge in [-0.15, -0.1) is 0 Å². The Labute approximate surface area is 192 Å². The molecule has 0 amide bonds. The number of piperazine rings is 1. The standard InChI is InChI=1S/C22H26BN7O3/c1-2-3-4-19(31)18-13-29(7-8-30(18)21-25-11-16(12-26-21)20(32)33)22-27-10-15-9-23(14-24)6-5-17(15)28-22/h10-12,18H,2-9,13H2,1H3,(H,32,33). The molecule has 2 aliphatic heterocycles. The second-order valence-corrected chi connectivity index (χ2v) is 8.51. The van der Waals surface area contributed by atoms with Gasteiger partial charge in [-0.3, -0.25) is 4.79 Å². The van der Waals surface area contributed by atoms with Crippen LogP contribution in [0.1, 0.15) is 47.8 Å². The van der Waals surface area contributed by atoms with Crippen molar-refractivity contribution < 1.29 is 14.7 Å². The van der Waals surface area contributed by atoms with Crippen LogP contribution in [0, 0.1) is 11.2 Å². The van der Waals surface area contributed by atoms with Crippen LogP contribution in [-0.2, 0) is 17.5 Å². The minimum absolute atomic E-state index is 0.00680. The second-order valence-electron chi connectivity index (χ2n) is 8.51. The Morgan fingerprint density at radius 3 is 2.67 bits per heavy atom. The van der Waals surface area contributed by atoms with Crippen LogP contribution in [0.3, 0.4) is 0 Å². The number of rotatable bonds is 7. The second kappa shape index (κ2) is 9.94. The van der Waals surface area contributed by atoms with Crippen LogP contribution in [0.15, 0.2) is 18.6 Å². The van der Waals surface area contributed by atoms with Gasteiger partial charge in [-0.1, -0.05) is 19.7 Å². The Bertz CT molecular complexity index is 1070. The third-order valence-corrected chi connectivity index (χ3v) is 6.27. The zero-order chi connectivity index (χ0) is 23.4. The predicted molar refractivity (Wildman–Crippen MR) is 122 cm³/mol. The highest BCUT2D eigenvalue weighted by Gasteiger charge is 2.35. The number of carboxylic acids is 1. The molecule has 0 spiro atoms. The Hall–Kier alpha value is -3.55. The Balaban J connectivity index is 1.56. The number of carbonyl (C=O) groups excluding carboxylic acids is 1. The molecule has 2 aliphatic rings. The van der Waals surface area contributed by atoms with E-state index in [9.17, 15) is 14.9 Å². The molecule has 170 valence electrons. The van der Waals surface area contributed by atoms with E-state index in [1.54, 1.807) is 0 Å². The van der Waals surface area contributed by atoms with E-state index in [0.29, 0.717) is 44.3 Å². The van der Waals surface area contributed by atoms with Gasteiger partial charge in [-0.2, -0.15) is 0 Å². The van der Waals surface area contributed by atoms with E-state index in [0.717, 1.165) is 36.8 Å². The SMILES string of the molecule is CCCCC(=O)C1CN(c2ncc3c(n2)CCB(C#N)C3)CCN1c1ncc(C(=O)O)cn1. The van der Waals surface area contributed by atoms with Crippen molar-refractivity contribution in [3.63, 3.8) is 0 Å². The molecule has 1 unspecified atom stereocenters. The summed E-state index contributed by atoms with van der Waals surface area (Å²) in [6.45, 7) is 3.55. The summed E-state index contributed by atoms with van der Waals surface area (Å²) in [7, 11) is 0. The number of carboxylic acid groups (broad SMARTS) is 1. The Morgan fingerprint density at radius 2 is 1.97 bits per heavy atom. The molecule has 11 heteroatoms. The summed E-state index contributed by atoms with van der Waals surface area (Å²) in [5.74, 6) is 2.29. The molecule has 4 rings (SSSR count). The van der Waals surface area contributed by atoms with Crippen molar-refractivity contribution in [3.05, 3.63) is 35.4 Å². The first-order valence-corrected chi connectivity index (χ1v) is 11.3. The summed E-state index contributed by atoms with van der Waals surface area (Å²) in [6.07, 6.45) is 8.77. The molecule has 0 radical (unpaired) electrons. The molecular formula is C22H26BN7O3. The maximum atomic E-state index is 13.1. The molecule has 0 aliphatic carbocycles. The van der Waals surface area contributed by atoms with Crippen LogP contribution in [-0.4, -0.2) is 69.2 Å². The van der Waals surface area contributed by atoms with Crippen LogP contribution in [0.25, 0.3) is 0 Å². The molecule has 1 fully saturated rings. The molecule has 2 aromatic rings. The quantitative estimate of drug-likeness (QED) is 0.624. The monoisotopic (exact) mass is 447 g/mol. The highest BCUT2D eigenvalue weighted by Crippen LogP contribution is 2.25. The topological polar surface area (TPSA) is 136 Å². The van der Waals surface area contributed by atoms with Crippen molar-refractivity contribution in [1.82, 2.24) is 19.9 Å². The van der Waals surface area contributed by atoms with E-state index in [2.05, 4.69) is 20.9 Å². The van der Waals surface area contributed by atoms with Gasteiger partial charge in [0.25, 0.3) is 6.71 Å². The fourth-order valence-electron chi connectivity index (χ4n) is 4.34. The van der Waals surface area contributed by atoms with E-state index in [1.165, 1.54) is 12.4 Å². The van der Waals surface area contributed by atoms with Crippen molar-refractivity contribution in [2.24, 2.45) is 0 Å². The zero-order valence-electron chi connectivity index (χ0n) is 18.6. The average Bonchev–Trinajstić information content (AvgIpc) is 2.86. The van der Waals surface area contributed by atoms with E-state index < -0.39 is 12.0 Å². The van der Waals surface area contributed by atoms with Crippen molar-refractivity contribution in [3.8, 4) is 5.97 Å². The number of nitriles is 1.